The highest BCUT2D eigenvalue weighted by Gasteiger charge is 2.35. The number of amides is 1. The van der Waals surface area contributed by atoms with Crippen molar-refractivity contribution in [1.29, 1.82) is 0 Å². The number of hydrazone groups is 1. The third-order valence-electron chi connectivity index (χ3n) is 4.08. The highest BCUT2D eigenvalue weighted by Crippen LogP contribution is 2.20. The van der Waals surface area contributed by atoms with E-state index >= 15 is 0 Å². The second kappa shape index (κ2) is 9.69. The van der Waals surface area contributed by atoms with Gasteiger partial charge in [-0.15, -0.1) is 13.6 Å². The molecule has 15 heteroatoms. The van der Waals surface area contributed by atoms with Crippen molar-refractivity contribution in [2.45, 2.75) is 5.16 Å². The van der Waals surface area contributed by atoms with Crippen LogP contribution in [-0.4, -0.2) is 65.9 Å². The van der Waals surface area contributed by atoms with Gasteiger partial charge in [0.1, 0.15) is 6.33 Å². The van der Waals surface area contributed by atoms with Crippen LogP contribution in [0.3, 0.4) is 0 Å². The maximum Gasteiger partial charge on any atom is 0.323 e. The van der Waals surface area contributed by atoms with Gasteiger partial charge in [-0.3, -0.25) is 4.79 Å². The number of carbonyl (C=O) groups excluding carboxylic acids is 1. The average Bonchev–Trinajstić information content (AvgIpc) is 3.27. The van der Waals surface area contributed by atoms with E-state index in [9.17, 15) is 21.6 Å². The number of sulfonamides is 1. The summed E-state index contributed by atoms with van der Waals surface area (Å²) in [5, 5.41) is 6.82. The Bertz CT molecular complexity index is 1420. The van der Waals surface area contributed by atoms with Crippen LogP contribution in [0.5, 0.6) is 0 Å². The van der Waals surface area contributed by atoms with Crippen LogP contribution in [0.1, 0.15) is 15.9 Å². The molecule has 2 aromatic carbocycles. The smallest absolute Gasteiger partial charge is 0.266 e. The molecule has 1 amide bonds. The summed E-state index contributed by atoms with van der Waals surface area (Å²) in [6.45, 7) is 0. The van der Waals surface area contributed by atoms with E-state index in [2.05, 4.69) is 31.1 Å². The first-order valence-corrected chi connectivity index (χ1v) is 12.9. The van der Waals surface area contributed by atoms with E-state index in [1.807, 2.05) is 0 Å². The molecule has 0 saturated heterocycles. The Morgan fingerprint density at radius 3 is 2.33 bits per heavy atom. The Hall–Kier alpha value is -2.65. The molecule has 0 spiro atoms. The predicted octanol–water partition coefficient (Wildman–Crippen LogP) is 2.21. The van der Waals surface area contributed by atoms with Gasteiger partial charge in [0, 0.05) is 34.7 Å². The third kappa shape index (κ3) is 5.30. The minimum absolute atomic E-state index is 0.0346. The highest BCUT2D eigenvalue weighted by atomic mass is 79.9. The standard InChI is InChI=1S/C18H16BrClN6O5S2/c1-24(2)33(30,31)25-12-21-18(23-25)32(28,29)26(17(27)13-7-9-15(20)10-8-13)22-11-14-5-3-4-6-16(14)19/h3-12H,1-2H3/b22-11+. The van der Waals surface area contributed by atoms with Gasteiger partial charge in [0.25, 0.3) is 11.1 Å². The van der Waals surface area contributed by atoms with Crippen LogP contribution in [-0.2, 0) is 20.2 Å². The van der Waals surface area contributed by atoms with Crippen molar-refractivity contribution in [2.24, 2.45) is 5.10 Å². The van der Waals surface area contributed by atoms with Gasteiger partial charge in [-0.2, -0.15) is 26.2 Å². The summed E-state index contributed by atoms with van der Waals surface area (Å²) in [6, 6.07) is 12.3. The molecule has 0 N–H and O–H groups in total. The number of hydrogen-bond donors (Lipinski definition) is 0. The molecule has 1 aromatic heterocycles. The average molecular weight is 576 g/mol. The first kappa shape index (κ1) is 25.0. The molecule has 0 bridgehead atoms. The molecule has 0 aliphatic heterocycles. The molecule has 0 saturated carbocycles. The van der Waals surface area contributed by atoms with Gasteiger partial charge in [0.2, 0.25) is 0 Å². The SMILES string of the molecule is CN(C)S(=O)(=O)n1cnc(S(=O)(=O)N(/N=C/c2ccccc2Br)C(=O)c2ccc(Cl)cc2)n1. The number of nitrogens with zero attached hydrogens (tertiary/aromatic N) is 6. The number of rotatable bonds is 7. The Morgan fingerprint density at radius 2 is 1.73 bits per heavy atom. The normalized spacial score (nSPS) is 12.4. The van der Waals surface area contributed by atoms with Crippen LogP contribution in [0.25, 0.3) is 0 Å². The van der Waals surface area contributed by atoms with Crippen LogP contribution in [0.2, 0.25) is 5.02 Å². The summed E-state index contributed by atoms with van der Waals surface area (Å²) in [6.07, 6.45) is 1.87. The van der Waals surface area contributed by atoms with Gasteiger partial charge in [-0.25, -0.2) is 4.98 Å². The summed E-state index contributed by atoms with van der Waals surface area (Å²) >= 11 is 9.16. The lowest BCUT2D eigenvalue weighted by atomic mass is 10.2. The monoisotopic (exact) mass is 574 g/mol. The molecule has 3 rings (SSSR count). The molecular weight excluding hydrogens is 560 g/mol. The van der Waals surface area contributed by atoms with Crippen molar-refractivity contribution in [1.82, 2.24) is 22.9 Å². The summed E-state index contributed by atoms with van der Waals surface area (Å²) < 4.78 is 52.9. The number of benzene rings is 2. The van der Waals surface area contributed by atoms with E-state index in [-0.39, 0.29) is 9.98 Å². The molecule has 0 fully saturated rings. The van der Waals surface area contributed by atoms with Crippen LogP contribution in [0.4, 0.5) is 0 Å². The van der Waals surface area contributed by atoms with Crippen molar-refractivity contribution in [3.05, 3.63) is 75.5 Å². The minimum Gasteiger partial charge on any atom is -0.266 e. The second-order valence-corrected chi connectivity index (χ2v) is 11.5. The Kier molecular flexibility index (Phi) is 7.33. The van der Waals surface area contributed by atoms with Crippen molar-refractivity contribution in [3.8, 4) is 0 Å². The lowest BCUT2D eigenvalue weighted by Crippen LogP contribution is -2.34. The number of hydrogen-bond acceptors (Lipinski definition) is 8. The zero-order valence-corrected chi connectivity index (χ0v) is 21.0. The van der Waals surface area contributed by atoms with E-state index < -0.39 is 31.3 Å². The molecule has 0 unspecified atom stereocenters. The first-order chi connectivity index (χ1) is 15.4. The zero-order chi connectivity index (χ0) is 24.4. The fourth-order valence-electron chi connectivity index (χ4n) is 2.33. The van der Waals surface area contributed by atoms with E-state index in [0.29, 0.717) is 25.5 Å². The lowest BCUT2D eigenvalue weighted by molar-refractivity contribution is 0.0864. The Morgan fingerprint density at radius 1 is 1.09 bits per heavy atom. The summed E-state index contributed by atoms with van der Waals surface area (Å²) in [5.74, 6) is -1.03. The van der Waals surface area contributed by atoms with Gasteiger partial charge >= 0.3 is 20.2 Å². The quantitative estimate of drug-likeness (QED) is 0.311. The second-order valence-electron chi connectivity index (χ2n) is 6.52. The summed E-state index contributed by atoms with van der Waals surface area (Å²) in [5.41, 5.74) is 0.447. The van der Waals surface area contributed by atoms with E-state index in [1.54, 1.807) is 24.3 Å². The molecule has 0 radical (unpaired) electrons. The molecule has 174 valence electrons. The molecule has 0 aliphatic rings. The number of halogens is 2. The lowest BCUT2D eigenvalue weighted by Gasteiger charge is -2.15. The van der Waals surface area contributed by atoms with Crippen LogP contribution in [0, 0.1) is 0 Å². The summed E-state index contributed by atoms with van der Waals surface area (Å²) in [4.78, 5) is 16.7. The topological polar surface area (TPSA) is 135 Å². The molecule has 1 heterocycles. The van der Waals surface area contributed by atoms with Gasteiger partial charge < -0.3 is 0 Å². The fraction of sp³-hybridized carbons (Fsp3) is 0.111. The maximum atomic E-state index is 13.2. The zero-order valence-electron chi connectivity index (χ0n) is 17.1. The number of carbonyl (C=O) groups is 1. The number of aromatic nitrogens is 3. The van der Waals surface area contributed by atoms with Crippen LogP contribution >= 0.6 is 27.5 Å². The molecule has 11 nitrogen and oxygen atoms in total. The third-order valence-corrected chi connectivity index (χ3v) is 7.99. The largest absolute Gasteiger partial charge is 0.323 e. The van der Waals surface area contributed by atoms with Crippen molar-refractivity contribution < 1.29 is 21.6 Å². The van der Waals surface area contributed by atoms with E-state index in [4.69, 9.17) is 11.6 Å². The van der Waals surface area contributed by atoms with E-state index in [1.165, 1.54) is 38.4 Å². The van der Waals surface area contributed by atoms with Gasteiger partial charge in [-0.1, -0.05) is 45.7 Å². The minimum atomic E-state index is -4.80. The van der Waals surface area contributed by atoms with Gasteiger partial charge in [0.05, 0.1) is 6.21 Å². The van der Waals surface area contributed by atoms with Crippen LogP contribution in [0.15, 0.2) is 69.6 Å². The maximum absolute atomic E-state index is 13.2. The van der Waals surface area contributed by atoms with Crippen molar-refractivity contribution >= 4 is 59.9 Å². The highest BCUT2D eigenvalue weighted by molar-refractivity contribution is 9.10. The Balaban J connectivity index is 2.10. The van der Waals surface area contributed by atoms with Gasteiger partial charge in [-0.05, 0) is 30.3 Å². The van der Waals surface area contributed by atoms with Crippen molar-refractivity contribution in [2.75, 3.05) is 14.1 Å². The van der Waals surface area contributed by atoms with Crippen LogP contribution < -0.4 is 0 Å². The van der Waals surface area contributed by atoms with Gasteiger partial charge in [0.15, 0.2) is 0 Å². The fourth-order valence-corrected chi connectivity index (χ4v) is 4.60. The summed E-state index contributed by atoms with van der Waals surface area (Å²) in [7, 11) is -6.45. The van der Waals surface area contributed by atoms with E-state index in [0.717, 1.165) is 10.5 Å². The Labute approximate surface area is 203 Å². The molecule has 0 aliphatic carbocycles. The molecular formula is C18H16BrClN6O5S2. The molecule has 33 heavy (non-hydrogen) atoms. The first-order valence-electron chi connectivity index (χ1n) is 8.93. The van der Waals surface area contributed by atoms with Crippen molar-refractivity contribution in [3.63, 3.8) is 0 Å². The molecule has 3 aromatic rings. The molecule has 0 atom stereocenters. The predicted molar refractivity (Wildman–Crippen MR) is 125 cm³/mol.